The van der Waals surface area contributed by atoms with E-state index in [1.807, 2.05) is 13.0 Å². The van der Waals surface area contributed by atoms with Crippen LogP contribution in [0.4, 0.5) is 5.69 Å². The molecule has 3 nitrogen and oxygen atoms in total. The molecular weight excluding hydrogens is 246 g/mol. The molecule has 0 aliphatic carbocycles. The Morgan fingerprint density at radius 1 is 1.45 bits per heavy atom. The van der Waals surface area contributed by atoms with E-state index in [-0.39, 0.29) is 0 Å². The second-order valence-electron chi connectivity index (χ2n) is 6.22. The van der Waals surface area contributed by atoms with Crippen LogP contribution in [0.1, 0.15) is 37.8 Å². The molecule has 0 amide bonds. The number of anilines is 1. The molecule has 0 saturated carbocycles. The van der Waals surface area contributed by atoms with Crippen LogP contribution in [0.15, 0.2) is 18.2 Å². The number of rotatable bonds is 5. The fourth-order valence-electron chi connectivity index (χ4n) is 2.91. The lowest BCUT2D eigenvalue weighted by Crippen LogP contribution is -2.39. The molecule has 1 saturated heterocycles. The fraction of sp³-hybridized carbons (Fsp3) is 0.588. The Hall–Kier alpha value is -1.53. The van der Waals surface area contributed by atoms with Crippen LogP contribution in [0.2, 0.25) is 0 Å². The lowest BCUT2D eigenvalue weighted by atomic mass is 10.1. The molecule has 108 valence electrons. The second-order valence-corrected chi connectivity index (χ2v) is 6.22. The van der Waals surface area contributed by atoms with Crippen LogP contribution in [0.5, 0.6) is 0 Å². The molecule has 1 N–H and O–H groups in total. The van der Waals surface area contributed by atoms with Crippen LogP contribution in [0.3, 0.4) is 0 Å². The lowest BCUT2D eigenvalue weighted by molar-refractivity contribution is 0.541. The summed E-state index contributed by atoms with van der Waals surface area (Å²) in [6.07, 6.45) is 2.50. The third-order valence-corrected chi connectivity index (χ3v) is 3.80. The number of nitriles is 1. The van der Waals surface area contributed by atoms with Gasteiger partial charge in [-0.2, -0.15) is 5.26 Å². The molecule has 20 heavy (non-hydrogen) atoms. The summed E-state index contributed by atoms with van der Waals surface area (Å²) in [5.41, 5.74) is 3.03. The van der Waals surface area contributed by atoms with E-state index in [2.05, 4.69) is 42.3 Å². The molecule has 1 aliphatic heterocycles. The molecule has 1 aromatic rings. The van der Waals surface area contributed by atoms with Crippen molar-refractivity contribution in [2.24, 2.45) is 5.92 Å². The number of hydrogen-bond donors (Lipinski definition) is 1. The van der Waals surface area contributed by atoms with Crippen molar-refractivity contribution in [2.45, 2.75) is 39.7 Å². The van der Waals surface area contributed by atoms with Gasteiger partial charge in [0.05, 0.1) is 11.3 Å². The topological polar surface area (TPSA) is 39.1 Å². The molecule has 0 radical (unpaired) electrons. The summed E-state index contributed by atoms with van der Waals surface area (Å²) in [5, 5.41) is 12.9. The standard InChI is InChI=1S/C17H25N3/c1-13(2)11-20(12-16-5-4-8-19-16)17-7-6-14(3)9-15(17)10-18/h6-7,9,13,16,19H,4-5,8,11-12H2,1-3H3. The molecule has 1 aromatic carbocycles. The van der Waals surface area contributed by atoms with Gasteiger partial charge in [-0.05, 0) is 49.9 Å². The summed E-state index contributed by atoms with van der Waals surface area (Å²) in [6, 6.07) is 9.11. The first-order valence-corrected chi connectivity index (χ1v) is 7.59. The van der Waals surface area contributed by atoms with Gasteiger partial charge < -0.3 is 10.2 Å². The van der Waals surface area contributed by atoms with Crippen molar-refractivity contribution in [1.82, 2.24) is 5.32 Å². The fourth-order valence-corrected chi connectivity index (χ4v) is 2.91. The molecule has 2 rings (SSSR count). The maximum absolute atomic E-state index is 9.39. The average Bonchev–Trinajstić information content (AvgIpc) is 2.90. The van der Waals surface area contributed by atoms with Gasteiger partial charge in [-0.3, -0.25) is 0 Å². The summed E-state index contributed by atoms with van der Waals surface area (Å²) in [7, 11) is 0. The van der Waals surface area contributed by atoms with E-state index >= 15 is 0 Å². The Bertz CT molecular complexity index is 481. The molecule has 1 atom stereocenters. The van der Waals surface area contributed by atoms with E-state index in [1.165, 1.54) is 12.8 Å². The van der Waals surface area contributed by atoms with E-state index in [4.69, 9.17) is 0 Å². The molecule has 3 heteroatoms. The predicted molar refractivity (Wildman–Crippen MR) is 84.0 cm³/mol. The van der Waals surface area contributed by atoms with Crippen molar-refractivity contribution in [3.8, 4) is 6.07 Å². The van der Waals surface area contributed by atoms with Crippen molar-refractivity contribution in [3.05, 3.63) is 29.3 Å². The third-order valence-electron chi connectivity index (χ3n) is 3.80. The number of nitrogens with one attached hydrogen (secondary N) is 1. The van der Waals surface area contributed by atoms with Gasteiger partial charge in [-0.25, -0.2) is 0 Å². The highest BCUT2D eigenvalue weighted by molar-refractivity contribution is 5.60. The van der Waals surface area contributed by atoms with Crippen LogP contribution in [-0.2, 0) is 0 Å². The zero-order chi connectivity index (χ0) is 14.5. The lowest BCUT2D eigenvalue weighted by Gasteiger charge is -2.30. The quantitative estimate of drug-likeness (QED) is 0.894. The Labute approximate surface area is 122 Å². The highest BCUT2D eigenvalue weighted by Crippen LogP contribution is 2.23. The summed E-state index contributed by atoms with van der Waals surface area (Å²) < 4.78 is 0. The summed E-state index contributed by atoms with van der Waals surface area (Å²) >= 11 is 0. The van der Waals surface area contributed by atoms with Gasteiger partial charge in [-0.15, -0.1) is 0 Å². The molecular formula is C17H25N3. The first-order chi connectivity index (χ1) is 9.60. The maximum atomic E-state index is 9.39. The SMILES string of the molecule is Cc1ccc(N(CC(C)C)CC2CCCN2)c(C#N)c1. The van der Waals surface area contributed by atoms with Crippen LogP contribution in [0.25, 0.3) is 0 Å². The minimum Gasteiger partial charge on any atom is -0.369 e. The normalized spacial score (nSPS) is 18.2. The average molecular weight is 271 g/mol. The van der Waals surface area contributed by atoms with E-state index in [0.29, 0.717) is 12.0 Å². The van der Waals surface area contributed by atoms with Gasteiger partial charge in [0.25, 0.3) is 0 Å². The molecule has 1 unspecified atom stereocenters. The van der Waals surface area contributed by atoms with Gasteiger partial charge in [-0.1, -0.05) is 19.9 Å². The first kappa shape index (κ1) is 14.9. The number of benzene rings is 1. The van der Waals surface area contributed by atoms with E-state index in [0.717, 1.165) is 36.4 Å². The van der Waals surface area contributed by atoms with E-state index in [1.54, 1.807) is 0 Å². The van der Waals surface area contributed by atoms with Crippen molar-refractivity contribution in [2.75, 3.05) is 24.5 Å². The zero-order valence-electron chi connectivity index (χ0n) is 12.8. The predicted octanol–water partition coefficient (Wildman–Crippen LogP) is 3.08. The number of nitrogens with zero attached hydrogens (tertiary/aromatic N) is 2. The van der Waals surface area contributed by atoms with Gasteiger partial charge in [0.2, 0.25) is 0 Å². The van der Waals surface area contributed by atoms with Crippen molar-refractivity contribution in [1.29, 1.82) is 5.26 Å². The van der Waals surface area contributed by atoms with Gasteiger partial charge in [0.15, 0.2) is 0 Å². The second kappa shape index (κ2) is 6.76. The summed E-state index contributed by atoms with van der Waals surface area (Å²) in [5.74, 6) is 0.587. The Balaban J connectivity index is 2.23. The monoisotopic (exact) mass is 271 g/mol. The Kier molecular flexibility index (Phi) is 5.03. The van der Waals surface area contributed by atoms with Gasteiger partial charge >= 0.3 is 0 Å². The molecule has 0 aromatic heterocycles. The third kappa shape index (κ3) is 3.74. The van der Waals surface area contributed by atoms with Gasteiger partial charge in [0, 0.05) is 19.1 Å². The van der Waals surface area contributed by atoms with Crippen LogP contribution in [0, 0.1) is 24.2 Å². The zero-order valence-corrected chi connectivity index (χ0v) is 12.8. The Morgan fingerprint density at radius 3 is 2.85 bits per heavy atom. The molecule has 0 spiro atoms. The minimum atomic E-state index is 0.557. The van der Waals surface area contributed by atoms with E-state index < -0.39 is 0 Å². The van der Waals surface area contributed by atoms with Gasteiger partial charge in [0.1, 0.15) is 6.07 Å². The van der Waals surface area contributed by atoms with Crippen LogP contribution < -0.4 is 10.2 Å². The smallest absolute Gasteiger partial charge is 0.101 e. The van der Waals surface area contributed by atoms with Crippen molar-refractivity contribution in [3.63, 3.8) is 0 Å². The largest absolute Gasteiger partial charge is 0.369 e. The molecule has 1 heterocycles. The summed E-state index contributed by atoms with van der Waals surface area (Å²) in [6.45, 7) is 9.62. The van der Waals surface area contributed by atoms with Crippen molar-refractivity contribution < 1.29 is 0 Å². The van der Waals surface area contributed by atoms with E-state index in [9.17, 15) is 5.26 Å². The molecule has 0 bridgehead atoms. The first-order valence-electron chi connectivity index (χ1n) is 7.59. The Morgan fingerprint density at radius 2 is 2.25 bits per heavy atom. The highest BCUT2D eigenvalue weighted by Gasteiger charge is 2.20. The number of hydrogen-bond acceptors (Lipinski definition) is 3. The number of aryl methyl sites for hydroxylation is 1. The molecule has 1 fully saturated rings. The maximum Gasteiger partial charge on any atom is 0.101 e. The van der Waals surface area contributed by atoms with Crippen molar-refractivity contribution >= 4 is 5.69 Å². The minimum absolute atomic E-state index is 0.557. The van der Waals surface area contributed by atoms with Crippen LogP contribution >= 0.6 is 0 Å². The highest BCUT2D eigenvalue weighted by atomic mass is 15.2. The summed E-state index contributed by atoms with van der Waals surface area (Å²) in [4.78, 5) is 2.38. The molecule has 1 aliphatic rings. The van der Waals surface area contributed by atoms with Crippen LogP contribution in [-0.4, -0.2) is 25.7 Å².